The second-order valence-electron chi connectivity index (χ2n) is 11.5. The topological polar surface area (TPSA) is 121 Å². The molecule has 0 fully saturated rings. The fourth-order valence-corrected chi connectivity index (χ4v) is 6.74. The number of fused-ring (bicyclic) bond motifs is 3. The van der Waals surface area contributed by atoms with Gasteiger partial charge in [-0.2, -0.15) is 0 Å². The Kier molecular flexibility index (Phi) is 6.63. The Hall–Kier alpha value is -5.88. The number of benzene rings is 6. The molecule has 7 rings (SSSR count). The summed E-state index contributed by atoms with van der Waals surface area (Å²) in [5, 5.41) is 61.9. The van der Waals surface area contributed by atoms with Crippen LogP contribution in [0.25, 0.3) is 11.1 Å². The molecule has 0 spiro atoms. The van der Waals surface area contributed by atoms with E-state index in [1.54, 1.807) is 24.3 Å². The van der Waals surface area contributed by atoms with E-state index in [-0.39, 0.29) is 34.5 Å². The van der Waals surface area contributed by atoms with E-state index in [9.17, 15) is 30.6 Å². The molecule has 45 heavy (non-hydrogen) atoms. The zero-order chi connectivity index (χ0) is 31.3. The Morgan fingerprint density at radius 1 is 0.378 bits per heavy atom. The summed E-state index contributed by atoms with van der Waals surface area (Å²) < 4.78 is 0. The summed E-state index contributed by atoms with van der Waals surface area (Å²) in [6.45, 7) is 0. The van der Waals surface area contributed by atoms with Crippen LogP contribution in [0, 0.1) is 0 Å². The van der Waals surface area contributed by atoms with Crippen LogP contribution in [0.2, 0.25) is 0 Å². The quantitative estimate of drug-likeness (QED) is 0.111. The van der Waals surface area contributed by atoms with Gasteiger partial charge in [0.05, 0.1) is 5.41 Å². The van der Waals surface area contributed by atoms with Crippen molar-refractivity contribution in [2.24, 2.45) is 0 Å². The van der Waals surface area contributed by atoms with E-state index in [0.717, 1.165) is 44.5 Å². The van der Waals surface area contributed by atoms with Crippen LogP contribution in [0.5, 0.6) is 34.5 Å². The van der Waals surface area contributed by atoms with Crippen LogP contribution in [0.4, 0.5) is 0 Å². The summed E-state index contributed by atoms with van der Waals surface area (Å²) in [5.41, 5.74) is 8.05. The summed E-state index contributed by atoms with van der Waals surface area (Å²) in [5.74, 6) is -0.645. The molecule has 0 bridgehead atoms. The monoisotopic (exact) mass is 594 g/mol. The van der Waals surface area contributed by atoms with Gasteiger partial charge in [-0.25, -0.2) is 0 Å². The lowest BCUT2D eigenvalue weighted by Gasteiger charge is -2.34. The van der Waals surface area contributed by atoms with Crippen molar-refractivity contribution in [3.8, 4) is 45.6 Å². The maximum atomic E-state index is 11.0. The van der Waals surface area contributed by atoms with E-state index in [2.05, 4.69) is 24.3 Å². The first-order valence-electron chi connectivity index (χ1n) is 14.6. The average molecular weight is 595 g/mol. The predicted molar refractivity (Wildman–Crippen MR) is 172 cm³/mol. The molecule has 0 radical (unpaired) electrons. The average Bonchev–Trinajstić information content (AvgIpc) is 3.34. The highest BCUT2D eigenvalue weighted by Crippen LogP contribution is 2.56. The molecule has 0 saturated carbocycles. The van der Waals surface area contributed by atoms with Crippen LogP contribution in [0.15, 0.2) is 121 Å². The molecule has 6 nitrogen and oxygen atoms in total. The number of hydrogen-bond acceptors (Lipinski definition) is 6. The highest BCUT2D eigenvalue weighted by Gasteiger charge is 2.46. The highest BCUT2D eigenvalue weighted by molar-refractivity contribution is 5.86. The molecule has 222 valence electrons. The zero-order valence-corrected chi connectivity index (χ0v) is 24.1. The van der Waals surface area contributed by atoms with Crippen LogP contribution in [0.3, 0.4) is 0 Å². The molecule has 0 aliphatic heterocycles. The van der Waals surface area contributed by atoms with Crippen molar-refractivity contribution < 1.29 is 30.6 Å². The van der Waals surface area contributed by atoms with E-state index in [1.807, 2.05) is 48.5 Å². The second-order valence-corrected chi connectivity index (χ2v) is 11.5. The van der Waals surface area contributed by atoms with E-state index in [4.69, 9.17) is 0 Å². The van der Waals surface area contributed by atoms with Gasteiger partial charge in [-0.15, -0.1) is 0 Å². The van der Waals surface area contributed by atoms with Crippen LogP contribution in [-0.4, -0.2) is 30.6 Å². The van der Waals surface area contributed by atoms with Gasteiger partial charge >= 0.3 is 0 Å². The van der Waals surface area contributed by atoms with Crippen molar-refractivity contribution in [1.29, 1.82) is 0 Å². The molecule has 0 unspecified atom stereocenters. The van der Waals surface area contributed by atoms with Crippen LogP contribution < -0.4 is 0 Å². The van der Waals surface area contributed by atoms with Crippen molar-refractivity contribution in [3.05, 3.63) is 166 Å². The molecule has 0 atom stereocenters. The minimum absolute atomic E-state index is 0.111. The maximum Gasteiger partial charge on any atom is 0.157 e. The summed E-state index contributed by atoms with van der Waals surface area (Å²) in [6.07, 6.45) is 0.635. The number of aromatic hydroxyl groups is 6. The fourth-order valence-electron chi connectivity index (χ4n) is 6.74. The van der Waals surface area contributed by atoms with Gasteiger partial charge in [0.25, 0.3) is 0 Å². The SMILES string of the molecule is Oc1ccc(Cc2cc(C3(c4ccc(O)c(Cc5ccc(O)c(O)c5)c4)c4ccccc4-c4ccccc43)ccc2O)cc1O. The van der Waals surface area contributed by atoms with E-state index < -0.39 is 5.41 Å². The Morgan fingerprint density at radius 2 is 0.778 bits per heavy atom. The molecule has 0 saturated heterocycles. The van der Waals surface area contributed by atoms with Crippen molar-refractivity contribution in [2.75, 3.05) is 0 Å². The zero-order valence-electron chi connectivity index (χ0n) is 24.1. The van der Waals surface area contributed by atoms with Crippen LogP contribution in [0.1, 0.15) is 44.5 Å². The Balaban J connectivity index is 1.45. The van der Waals surface area contributed by atoms with Gasteiger partial charge in [0.1, 0.15) is 11.5 Å². The van der Waals surface area contributed by atoms with Crippen molar-refractivity contribution in [1.82, 2.24) is 0 Å². The van der Waals surface area contributed by atoms with E-state index >= 15 is 0 Å². The highest BCUT2D eigenvalue weighted by atomic mass is 16.3. The van der Waals surface area contributed by atoms with Gasteiger partial charge in [0.2, 0.25) is 0 Å². The van der Waals surface area contributed by atoms with Gasteiger partial charge < -0.3 is 30.6 Å². The van der Waals surface area contributed by atoms with Gasteiger partial charge in [-0.1, -0.05) is 84.9 Å². The van der Waals surface area contributed by atoms with E-state index in [1.165, 1.54) is 24.3 Å². The molecule has 0 amide bonds. The first kappa shape index (κ1) is 27.9. The third-order valence-electron chi connectivity index (χ3n) is 8.85. The molecular weight excluding hydrogens is 564 g/mol. The van der Waals surface area contributed by atoms with Gasteiger partial charge in [-0.3, -0.25) is 0 Å². The smallest absolute Gasteiger partial charge is 0.157 e. The minimum atomic E-state index is -0.813. The second kappa shape index (κ2) is 10.7. The summed E-state index contributed by atoms with van der Waals surface area (Å²) >= 11 is 0. The molecule has 0 aromatic heterocycles. The Morgan fingerprint density at radius 3 is 1.20 bits per heavy atom. The molecule has 6 aromatic carbocycles. The minimum Gasteiger partial charge on any atom is -0.508 e. The van der Waals surface area contributed by atoms with Crippen molar-refractivity contribution >= 4 is 0 Å². The third-order valence-corrected chi connectivity index (χ3v) is 8.85. The summed E-state index contributed by atoms with van der Waals surface area (Å²) in [6, 6.07) is 37.0. The molecule has 6 aromatic rings. The van der Waals surface area contributed by atoms with Gasteiger partial charge in [-0.05, 0) is 92.0 Å². The first-order valence-corrected chi connectivity index (χ1v) is 14.6. The number of phenolic OH excluding ortho intramolecular Hbond substituents is 6. The fraction of sp³-hybridized carbons (Fsp3) is 0.0769. The standard InChI is InChI=1S/C39H30O6/c40-33-15-11-27(21-25(33)17-23-9-13-35(42)37(44)19-23)39(31-7-3-1-5-29(31)30-6-2-4-8-32(30)39)28-12-16-34(41)26(22-28)18-24-10-14-36(43)38(45)20-24/h1-16,19-22,40-45H,17-18H2. The van der Waals surface area contributed by atoms with Crippen molar-refractivity contribution in [2.45, 2.75) is 18.3 Å². The molecule has 0 heterocycles. The van der Waals surface area contributed by atoms with Crippen molar-refractivity contribution in [3.63, 3.8) is 0 Å². The lowest BCUT2D eigenvalue weighted by Crippen LogP contribution is -2.29. The molecule has 1 aliphatic carbocycles. The summed E-state index contributed by atoms with van der Waals surface area (Å²) in [4.78, 5) is 0. The maximum absolute atomic E-state index is 11.0. The normalized spacial score (nSPS) is 12.9. The summed E-state index contributed by atoms with van der Waals surface area (Å²) in [7, 11) is 0. The van der Waals surface area contributed by atoms with E-state index in [0.29, 0.717) is 24.0 Å². The molecule has 6 N–H and O–H groups in total. The Labute approximate surface area is 260 Å². The lowest BCUT2D eigenvalue weighted by atomic mass is 9.67. The number of phenols is 6. The molecule has 6 heteroatoms. The number of rotatable bonds is 6. The number of hydrogen-bond donors (Lipinski definition) is 6. The molecule has 1 aliphatic rings. The largest absolute Gasteiger partial charge is 0.508 e. The first-order chi connectivity index (χ1) is 21.8. The van der Waals surface area contributed by atoms with Crippen LogP contribution in [-0.2, 0) is 18.3 Å². The third kappa shape index (κ3) is 4.59. The van der Waals surface area contributed by atoms with Gasteiger partial charge in [0, 0.05) is 12.8 Å². The molecular formula is C39H30O6. The Bertz CT molecular complexity index is 1950. The predicted octanol–water partition coefficient (Wildman–Crippen LogP) is 7.46. The lowest BCUT2D eigenvalue weighted by molar-refractivity contribution is 0.403. The van der Waals surface area contributed by atoms with Gasteiger partial charge in [0.15, 0.2) is 23.0 Å². The van der Waals surface area contributed by atoms with Crippen LogP contribution >= 0.6 is 0 Å².